The summed E-state index contributed by atoms with van der Waals surface area (Å²) in [6.07, 6.45) is 3.31. The quantitative estimate of drug-likeness (QED) is 0.162. The summed E-state index contributed by atoms with van der Waals surface area (Å²) in [4.78, 5) is 41.1. The Labute approximate surface area is 163 Å². The first-order valence-corrected chi connectivity index (χ1v) is 8.91. The SMILES string of the molecule is C=C(C)C(=O)OCCS(=O)(=O)O.C=CC(=O)NCNC(=O)C=C.C=CC(N)=O. The molecule has 0 bridgehead atoms. The first-order valence-electron chi connectivity index (χ1n) is 7.30. The number of hydrogen-bond acceptors (Lipinski definition) is 7. The van der Waals surface area contributed by atoms with E-state index in [1.807, 2.05) is 0 Å². The largest absolute Gasteiger partial charge is 0.461 e. The molecule has 0 atom stereocenters. The number of rotatable bonds is 9. The predicted molar refractivity (Wildman–Crippen MR) is 103 cm³/mol. The van der Waals surface area contributed by atoms with Crippen molar-refractivity contribution in [2.75, 3.05) is 19.0 Å². The van der Waals surface area contributed by atoms with Crippen molar-refractivity contribution in [2.24, 2.45) is 5.73 Å². The Morgan fingerprint density at radius 1 is 1.04 bits per heavy atom. The number of carbonyl (C=O) groups is 4. The van der Waals surface area contributed by atoms with Crippen LogP contribution in [0.25, 0.3) is 0 Å². The molecule has 12 heteroatoms. The third-order valence-corrected chi connectivity index (χ3v) is 2.70. The number of nitrogens with one attached hydrogen (secondary N) is 2. The van der Waals surface area contributed by atoms with Crippen LogP contribution >= 0.6 is 0 Å². The van der Waals surface area contributed by atoms with E-state index in [-0.39, 0.29) is 30.7 Å². The molecule has 0 unspecified atom stereocenters. The molecule has 11 nitrogen and oxygen atoms in total. The second-order valence-corrected chi connectivity index (χ2v) is 6.05. The van der Waals surface area contributed by atoms with Gasteiger partial charge in [-0.1, -0.05) is 26.3 Å². The van der Waals surface area contributed by atoms with Crippen molar-refractivity contribution >= 4 is 33.8 Å². The van der Waals surface area contributed by atoms with Crippen molar-refractivity contribution in [3.05, 3.63) is 50.1 Å². The zero-order valence-corrected chi connectivity index (χ0v) is 16.3. The lowest BCUT2D eigenvalue weighted by Crippen LogP contribution is -2.35. The minimum absolute atomic E-state index is 0.0930. The third-order valence-electron chi connectivity index (χ3n) is 2.02. The lowest BCUT2D eigenvalue weighted by molar-refractivity contribution is -0.138. The average Bonchev–Trinajstić information content (AvgIpc) is 2.60. The zero-order chi connectivity index (χ0) is 22.8. The van der Waals surface area contributed by atoms with E-state index in [2.05, 4.69) is 47.4 Å². The maximum absolute atomic E-state index is 10.6. The monoisotopic (exact) mass is 419 g/mol. The minimum Gasteiger partial charge on any atom is -0.461 e. The molecule has 0 heterocycles. The molecule has 0 aliphatic rings. The van der Waals surface area contributed by atoms with E-state index in [1.54, 1.807) is 0 Å². The van der Waals surface area contributed by atoms with Crippen molar-refractivity contribution < 1.29 is 36.9 Å². The molecule has 0 spiro atoms. The lowest BCUT2D eigenvalue weighted by Gasteiger charge is -2.01. The highest BCUT2D eigenvalue weighted by Gasteiger charge is 2.07. The van der Waals surface area contributed by atoms with Gasteiger partial charge in [0.2, 0.25) is 17.7 Å². The molecule has 3 amide bonds. The van der Waals surface area contributed by atoms with Crippen LogP contribution in [0, 0.1) is 0 Å². The molecule has 0 saturated carbocycles. The van der Waals surface area contributed by atoms with Crippen LogP contribution < -0.4 is 16.4 Å². The van der Waals surface area contributed by atoms with Gasteiger partial charge >= 0.3 is 5.97 Å². The van der Waals surface area contributed by atoms with Gasteiger partial charge in [-0.25, -0.2) is 4.79 Å². The number of carbonyl (C=O) groups excluding carboxylic acids is 4. The van der Waals surface area contributed by atoms with Crippen LogP contribution in [0.2, 0.25) is 0 Å². The summed E-state index contributed by atoms with van der Waals surface area (Å²) in [7, 11) is -4.05. The van der Waals surface area contributed by atoms with Crippen LogP contribution in [-0.4, -0.2) is 55.7 Å². The van der Waals surface area contributed by atoms with E-state index in [0.29, 0.717) is 0 Å². The maximum atomic E-state index is 10.6. The molecule has 0 radical (unpaired) electrons. The number of esters is 1. The maximum Gasteiger partial charge on any atom is 0.333 e. The van der Waals surface area contributed by atoms with Crippen molar-refractivity contribution in [3.63, 3.8) is 0 Å². The van der Waals surface area contributed by atoms with Crippen molar-refractivity contribution in [1.82, 2.24) is 10.6 Å². The molecule has 0 fully saturated rings. The number of nitrogens with two attached hydrogens (primary N) is 1. The number of amides is 3. The van der Waals surface area contributed by atoms with Gasteiger partial charge in [0.15, 0.2) is 0 Å². The summed E-state index contributed by atoms with van der Waals surface area (Å²) in [5, 5.41) is 4.72. The Morgan fingerprint density at radius 3 is 1.68 bits per heavy atom. The first-order chi connectivity index (χ1) is 12.8. The summed E-state index contributed by atoms with van der Waals surface area (Å²) in [6, 6.07) is 0. The molecular weight excluding hydrogens is 394 g/mol. The normalized spacial score (nSPS) is 8.93. The second-order valence-electron chi connectivity index (χ2n) is 4.48. The Hall–Kier alpha value is -3.25. The predicted octanol–water partition coefficient (Wildman–Crippen LogP) is -0.800. The van der Waals surface area contributed by atoms with Gasteiger partial charge in [-0.15, -0.1) is 0 Å². The van der Waals surface area contributed by atoms with Gasteiger partial charge < -0.3 is 21.1 Å². The Kier molecular flexibility index (Phi) is 18.1. The first kappa shape index (κ1) is 29.5. The van der Waals surface area contributed by atoms with Gasteiger partial charge in [0.25, 0.3) is 10.1 Å². The molecule has 5 N–H and O–H groups in total. The fraction of sp³-hybridized carbons (Fsp3) is 0.250. The second kappa shape index (κ2) is 17.2. The highest BCUT2D eigenvalue weighted by molar-refractivity contribution is 7.85. The van der Waals surface area contributed by atoms with Crippen LogP contribution in [0.4, 0.5) is 0 Å². The topological polar surface area (TPSA) is 182 Å². The van der Waals surface area contributed by atoms with E-state index >= 15 is 0 Å². The third kappa shape index (κ3) is 27.6. The van der Waals surface area contributed by atoms with E-state index in [0.717, 1.165) is 18.2 Å². The number of primary amides is 1. The van der Waals surface area contributed by atoms with E-state index < -0.39 is 27.7 Å². The van der Waals surface area contributed by atoms with Gasteiger partial charge in [0, 0.05) is 5.57 Å². The number of hydrogen-bond donors (Lipinski definition) is 4. The Bertz CT molecular complexity index is 679. The van der Waals surface area contributed by atoms with Crippen LogP contribution in [0.15, 0.2) is 50.1 Å². The fourth-order valence-corrected chi connectivity index (χ4v) is 1.02. The van der Waals surface area contributed by atoms with Gasteiger partial charge in [0.1, 0.15) is 12.4 Å². The summed E-state index contributed by atoms with van der Waals surface area (Å²) in [5.74, 6) is -2.39. The lowest BCUT2D eigenvalue weighted by atomic mass is 10.4. The van der Waals surface area contributed by atoms with Gasteiger partial charge in [0.05, 0.1) is 6.67 Å². The van der Waals surface area contributed by atoms with Crippen LogP contribution in [0.1, 0.15) is 6.92 Å². The minimum atomic E-state index is -4.05. The highest BCUT2D eigenvalue weighted by Crippen LogP contribution is 1.92. The van der Waals surface area contributed by atoms with Crippen LogP contribution in [0.3, 0.4) is 0 Å². The van der Waals surface area contributed by atoms with Crippen LogP contribution in [-0.2, 0) is 34.0 Å². The summed E-state index contributed by atoms with van der Waals surface area (Å²) in [5.41, 5.74) is 4.72. The molecule has 28 heavy (non-hydrogen) atoms. The van der Waals surface area contributed by atoms with Gasteiger partial charge in [-0.3, -0.25) is 18.9 Å². The summed E-state index contributed by atoms with van der Waals surface area (Å²) in [6.45, 7) is 14.0. The van der Waals surface area contributed by atoms with Crippen molar-refractivity contribution in [1.29, 1.82) is 0 Å². The number of ether oxygens (including phenoxy) is 1. The highest BCUT2D eigenvalue weighted by atomic mass is 32.2. The molecule has 0 aliphatic heterocycles. The molecule has 0 rings (SSSR count). The molecule has 0 saturated heterocycles. The van der Waals surface area contributed by atoms with E-state index in [4.69, 9.17) is 4.55 Å². The summed E-state index contributed by atoms with van der Waals surface area (Å²) < 4.78 is 32.9. The smallest absolute Gasteiger partial charge is 0.333 e. The Balaban J connectivity index is -0.000000362. The standard InChI is InChI=1S/C7H10N2O2.C6H10O5S.C3H5NO/c1-3-6(10)8-5-9-7(11)4-2;1-5(2)6(7)11-3-4-12(8,9)10;1-2-3(4)5/h3-4H,1-2,5H2,(H,8,10)(H,9,11);1,3-4H2,2H3,(H,8,9,10);2H,1H2,(H2,4,5). The molecule has 158 valence electrons. The molecule has 0 aromatic rings. The van der Waals surface area contributed by atoms with Gasteiger partial charge in [-0.05, 0) is 25.2 Å². The van der Waals surface area contributed by atoms with Crippen LogP contribution in [0.5, 0.6) is 0 Å². The van der Waals surface area contributed by atoms with Gasteiger partial charge in [-0.2, -0.15) is 8.42 Å². The van der Waals surface area contributed by atoms with E-state index in [1.165, 1.54) is 6.92 Å². The van der Waals surface area contributed by atoms with E-state index in [9.17, 15) is 27.6 Å². The molecule has 0 aromatic heterocycles. The zero-order valence-electron chi connectivity index (χ0n) is 15.5. The summed E-state index contributed by atoms with van der Waals surface area (Å²) >= 11 is 0. The van der Waals surface area contributed by atoms with Crippen molar-refractivity contribution in [3.8, 4) is 0 Å². The fourth-order valence-electron chi connectivity index (χ4n) is 0.726. The molecule has 0 aromatic carbocycles. The average molecular weight is 419 g/mol. The van der Waals surface area contributed by atoms with Crippen molar-refractivity contribution in [2.45, 2.75) is 6.92 Å². The molecular formula is C16H25N3O8S. The molecule has 0 aliphatic carbocycles. The Morgan fingerprint density at radius 2 is 1.43 bits per heavy atom.